The van der Waals surface area contributed by atoms with E-state index in [1.165, 1.54) is 23.1 Å². The molecule has 1 aromatic carbocycles. The van der Waals surface area contributed by atoms with E-state index in [1.807, 2.05) is 13.8 Å². The molecule has 0 radical (unpaired) electrons. The summed E-state index contributed by atoms with van der Waals surface area (Å²) in [6.45, 7) is 3.92. The van der Waals surface area contributed by atoms with Gasteiger partial charge in [0.15, 0.2) is 0 Å². The normalized spacial score (nSPS) is 12.8. The number of thioether (sulfide) groups is 1. The summed E-state index contributed by atoms with van der Waals surface area (Å²) in [6.07, 6.45) is 0.607. The molecule has 1 atom stereocenters. The molecule has 0 saturated carbocycles. The molecule has 1 aromatic heterocycles. The summed E-state index contributed by atoms with van der Waals surface area (Å²) < 4.78 is 0.836. The van der Waals surface area contributed by atoms with E-state index < -0.39 is 0 Å². The molecule has 0 fully saturated rings. The summed E-state index contributed by atoms with van der Waals surface area (Å²) in [6, 6.07) is 3.36. The van der Waals surface area contributed by atoms with E-state index in [0.717, 1.165) is 15.2 Å². The summed E-state index contributed by atoms with van der Waals surface area (Å²) in [5.41, 5.74) is 0.915. The Labute approximate surface area is 118 Å². The Kier molecular flexibility index (Phi) is 4.38. The Morgan fingerprint density at radius 2 is 2.32 bits per heavy atom. The minimum atomic E-state index is -0.359. The molecule has 0 amide bonds. The van der Waals surface area contributed by atoms with Crippen LogP contribution in [0.3, 0.4) is 0 Å². The number of fused-ring (bicyclic) bond motifs is 1. The molecule has 0 bridgehead atoms. The van der Waals surface area contributed by atoms with Crippen LogP contribution < -0.4 is 0 Å². The maximum atomic E-state index is 11.1. The number of aliphatic hydroxyl groups is 1. The highest BCUT2D eigenvalue weighted by atomic mass is 32.2. The van der Waals surface area contributed by atoms with Gasteiger partial charge in [-0.15, -0.1) is 23.1 Å². The fourth-order valence-corrected chi connectivity index (χ4v) is 3.69. The SMILES string of the molecule is Cc1nc2cc(SC(C)CCO)c([N+](=O)[O-])cc2s1. The summed E-state index contributed by atoms with van der Waals surface area (Å²) in [4.78, 5) is 15.8. The molecule has 0 aliphatic rings. The van der Waals surface area contributed by atoms with Crippen molar-refractivity contribution in [3.8, 4) is 0 Å². The van der Waals surface area contributed by atoms with Crippen LogP contribution in [0, 0.1) is 17.0 Å². The number of nitro benzene ring substituents is 1. The number of aliphatic hydroxyl groups excluding tert-OH is 1. The van der Waals surface area contributed by atoms with E-state index >= 15 is 0 Å². The summed E-state index contributed by atoms with van der Waals surface area (Å²) in [7, 11) is 0. The lowest BCUT2D eigenvalue weighted by molar-refractivity contribution is -0.387. The van der Waals surface area contributed by atoms with E-state index in [9.17, 15) is 10.1 Å². The van der Waals surface area contributed by atoms with E-state index in [1.54, 1.807) is 12.1 Å². The van der Waals surface area contributed by atoms with Gasteiger partial charge in [0.05, 0.1) is 25.0 Å². The van der Waals surface area contributed by atoms with Gasteiger partial charge >= 0.3 is 0 Å². The molecule has 19 heavy (non-hydrogen) atoms. The van der Waals surface area contributed by atoms with Crippen molar-refractivity contribution in [2.75, 3.05) is 6.61 Å². The standard InChI is InChI=1S/C12H14N2O3S2/c1-7(3-4-15)18-12-5-9-11(19-8(2)13-9)6-10(12)14(16)17/h5-7,15H,3-4H2,1-2H3. The predicted molar refractivity (Wildman–Crippen MR) is 78.0 cm³/mol. The first-order valence-electron chi connectivity index (χ1n) is 5.84. The highest BCUT2D eigenvalue weighted by Gasteiger charge is 2.19. The summed E-state index contributed by atoms with van der Waals surface area (Å²) >= 11 is 2.87. The van der Waals surface area contributed by atoms with Crippen molar-refractivity contribution in [2.45, 2.75) is 30.4 Å². The molecule has 0 aliphatic carbocycles. The number of thiazole rings is 1. The number of hydrogen-bond acceptors (Lipinski definition) is 6. The lowest BCUT2D eigenvalue weighted by atomic mass is 10.3. The number of benzene rings is 1. The van der Waals surface area contributed by atoms with Crippen LogP contribution in [0.2, 0.25) is 0 Å². The minimum Gasteiger partial charge on any atom is -0.396 e. The number of rotatable bonds is 5. The van der Waals surface area contributed by atoms with Gasteiger partial charge in [-0.05, 0) is 19.4 Å². The van der Waals surface area contributed by atoms with E-state index in [-0.39, 0.29) is 22.5 Å². The van der Waals surface area contributed by atoms with Crippen molar-refractivity contribution in [3.05, 3.63) is 27.3 Å². The molecule has 1 heterocycles. The van der Waals surface area contributed by atoms with Crippen molar-refractivity contribution >= 4 is 39.0 Å². The first-order chi connectivity index (χ1) is 9.01. The van der Waals surface area contributed by atoms with Crippen molar-refractivity contribution in [1.82, 2.24) is 4.98 Å². The zero-order valence-corrected chi connectivity index (χ0v) is 12.3. The van der Waals surface area contributed by atoms with Crippen molar-refractivity contribution in [3.63, 3.8) is 0 Å². The zero-order chi connectivity index (χ0) is 14.0. The van der Waals surface area contributed by atoms with Gasteiger partial charge in [-0.3, -0.25) is 10.1 Å². The fraction of sp³-hybridized carbons (Fsp3) is 0.417. The Balaban J connectivity index is 2.44. The summed E-state index contributed by atoms with van der Waals surface area (Å²) in [5, 5.41) is 21.1. The van der Waals surface area contributed by atoms with Gasteiger partial charge in [-0.25, -0.2) is 4.98 Å². The highest BCUT2D eigenvalue weighted by molar-refractivity contribution is 8.00. The van der Waals surface area contributed by atoms with Crippen LogP contribution in [0.4, 0.5) is 5.69 Å². The van der Waals surface area contributed by atoms with Crippen LogP contribution >= 0.6 is 23.1 Å². The Morgan fingerprint density at radius 3 is 2.95 bits per heavy atom. The fourth-order valence-electron chi connectivity index (χ4n) is 1.75. The molecule has 1 N–H and O–H groups in total. The smallest absolute Gasteiger partial charge is 0.284 e. The van der Waals surface area contributed by atoms with E-state index in [0.29, 0.717) is 11.3 Å². The van der Waals surface area contributed by atoms with Gasteiger partial charge in [0.1, 0.15) is 0 Å². The van der Waals surface area contributed by atoms with Gasteiger partial charge in [-0.1, -0.05) is 6.92 Å². The zero-order valence-electron chi connectivity index (χ0n) is 10.6. The molecule has 102 valence electrons. The first-order valence-corrected chi connectivity index (χ1v) is 7.54. The summed E-state index contributed by atoms with van der Waals surface area (Å²) in [5.74, 6) is 0. The lowest BCUT2D eigenvalue weighted by Gasteiger charge is -2.09. The Hall–Kier alpha value is -1.18. The van der Waals surface area contributed by atoms with Crippen molar-refractivity contribution in [1.29, 1.82) is 0 Å². The van der Waals surface area contributed by atoms with Crippen LogP contribution in [0.1, 0.15) is 18.4 Å². The average Bonchev–Trinajstić information content (AvgIpc) is 2.67. The minimum absolute atomic E-state index is 0.0834. The van der Waals surface area contributed by atoms with Gasteiger partial charge < -0.3 is 5.11 Å². The number of aryl methyl sites for hydroxylation is 1. The molecule has 0 aliphatic heterocycles. The number of nitrogens with zero attached hydrogens (tertiary/aromatic N) is 2. The lowest BCUT2D eigenvalue weighted by Crippen LogP contribution is -2.00. The van der Waals surface area contributed by atoms with Crippen LogP contribution in [-0.2, 0) is 0 Å². The van der Waals surface area contributed by atoms with Crippen molar-refractivity contribution < 1.29 is 10.0 Å². The number of hydrogen-bond donors (Lipinski definition) is 1. The number of aromatic nitrogens is 1. The molecule has 5 nitrogen and oxygen atoms in total. The van der Waals surface area contributed by atoms with E-state index in [2.05, 4.69) is 4.98 Å². The second kappa shape index (κ2) is 5.85. The van der Waals surface area contributed by atoms with E-state index in [4.69, 9.17) is 5.11 Å². The number of nitro groups is 1. The second-order valence-electron chi connectivity index (χ2n) is 4.22. The maximum Gasteiger partial charge on any atom is 0.284 e. The van der Waals surface area contributed by atoms with Crippen LogP contribution in [0.25, 0.3) is 10.2 Å². The Bertz CT molecular complexity index is 612. The molecule has 2 aromatic rings. The monoisotopic (exact) mass is 298 g/mol. The highest BCUT2D eigenvalue weighted by Crippen LogP contribution is 2.37. The van der Waals surface area contributed by atoms with Gasteiger partial charge in [0, 0.05) is 17.9 Å². The third-order valence-corrected chi connectivity index (χ3v) is 4.79. The molecular weight excluding hydrogens is 284 g/mol. The average molecular weight is 298 g/mol. The van der Waals surface area contributed by atoms with Crippen LogP contribution in [0.15, 0.2) is 17.0 Å². The molecule has 1 unspecified atom stereocenters. The quantitative estimate of drug-likeness (QED) is 0.520. The van der Waals surface area contributed by atoms with Crippen LogP contribution in [0.5, 0.6) is 0 Å². The van der Waals surface area contributed by atoms with Gasteiger partial charge in [0.25, 0.3) is 5.69 Å². The maximum absolute atomic E-state index is 11.1. The first kappa shape index (κ1) is 14.2. The third kappa shape index (κ3) is 3.23. The Morgan fingerprint density at radius 1 is 1.58 bits per heavy atom. The van der Waals surface area contributed by atoms with Crippen LogP contribution in [-0.4, -0.2) is 26.9 Å². The molecule has 2 rings (SSSR count). The van der Waals surface area contributed by atoms with Gasteiger partial charge in [-0.2, -0.15) is 0 Å². The van der Waals surface area contributed by atoms with Gasteiger partial charge in [0.2, 0.25) is 0 Å². The molecular formula is C12H14N2O3S2. The predicted octanol–water partition coefficient (Wildman–Crippen LogP) is 3.38. The molecule has 0 saturated heterocycles. The molecule has 0 spiro atoms. The molecule has 7 heteroatoms. The third-order valence-electron chi connectivity index (χ3n) is 2.64. The largest absolute Gasteiger partial charge is 0.396 e. The van der Waals surface area contributed by atoms with Crippen molar-refractivity contribution in [2.24, 2.45) is 0 Å². The topological polar surface area (TPSA) is 76.3 Å². The second-order valence-corrected chi connectivity index (χ2v) is 6.93.